The molecular formula is C14H24N4O4S. The molecule has 130 valence electrons. The highest BCUT2D eigenvalue weighted by atomic mass is 32.2. The lowest BCUT2D eigenvalue weighted by molar-refractivity contribution is -0.137. The first-order valence-electron chi connectivity index (χ1n) is 8.06. The van der Waals surface area contributed by atoms with Gasteiger partial charge in [0.05, 0.1) is 5.92 Å². The maximum atomic E-state index is 12.6. The van der Waals surface area contributed by atoms with Gasteiger partial charge in [-0.25, -0.2) is 0 Å². The Bertz CT molecular complexity index is 594. The molecule has 2 heterocycles. The van der Waals surface area contributed by atoms with Gasteiger partial charge < -0.3 is 9.80 Å². The van der Waals surface area contributed by atoms with E-state index in [1.807, 2.05) is 4.90 Å². The number of amides is 2. The van der Waals surface area contributed by atoms with E-state index in [2.05, 4.69) is 0 Å². The highest BCUT2D eigenvalue weighted by Crippen LogP contribution is 2.33. The second-order valence-corrected chi connectivity index (χ2v) is 8.84. The van der Waals surface area contributed by atoms with Crippen LogP contribution in [0.25, 0.3) is 0 Å². The van der Waals surface area contributed by atoms with Crippen LogP contribution in [0.1, 0.15) is 19.3 Å². The number of rotatable bonds is 4. The fraction of sp³-hybridized carbons (Fsp3) is 0.857. The van der Waals surface area contributed by atoms with Crippen molar-refractivity contribution in [3.8, 4) is 0 Å². The standard InChI is InChI=1S/C14H24N4O4S/c1-15(2)23(21,22)17-7-5-16(6-8-17)14(20)11-9-13(19)18(10-11)12-3-4-12/h11-12H,3-10H2,1-2H3. The SMILES string of the molecule is CN(C)S(=O)(=O)N1CCN(C(=O)C2CC(=O)N(C3CC3)C2)CC1. The predicted molar refractivity (Wildman–Crippen MR) is 83.6 cm³/mol. The fourth-order valence-electron chi connectivity index (χ4n) is 3.26. The monoisotopic (exact) mass is 344 g/mol. The van der Waals surface area contributed by atoms with Gasteiger partial charge in [-0.1, -0.05) is 0 Å². The van der Waals surface area contributed by atoms with E-state index < -0.39 is 10.2 Å². The Morgan fingerprint density at radius 3 is 2.26 bits per heavy atom. The summed E-state index contributed by atoms with van der Waals surface area (Å²) in [6, 6.07) is 0.349. The summed E-state index contributed by atoms with van der Waals surface area (Å²) in [5.74, 6) is -0.192. The summed E-state index contributed by atoms with van der Waals surface area (Å²) in [5, 5.41) is 0. The van der Waals surface area contributed by atoms with Crippen molar-refractivity contribution in [3.05, 3.63) is 0 Å². The van der Waals surface area contributed by atoms with E-state index in [-0.39, 0.29) is 17.7 Å². The quantitative estimate of drug-likeness (QED) is 0.652. The van der Waals surface area contributed by atoms with E-state index in [9.17, 15) is 18.0 Å². The summed E-state index contributed by atoms with van der Waals surface area (Å²) in [7, 11) is -0.415. The van der Waals surface area contributed by atoms with E-state index in [1.54, 1.807) is 4.90 Å². The van der Waals surface area contributed by atoms with Gasteiger partial charge in [-0.05, 0) is 12.8 Å². The van der Waals surface area contributed by atoms with Crippen molar-refractivity contribution in [2.45, 2.75) is 25.3 Å². The Kier molecular flexibility index (Phi) is 4.37. The Morgan fingerprint density at radius 2 is 1.74 bits per heavy atom. The molecule has 23 heavy (non-hydrogen) atoms. The number of carbonyl (C=O) groups excluding carboxylic acids is 2. The third-order valence-corrected chi connectivity index (χ3v) is 6.77. The van der Waals surface area contributed by atoms with Crippen LogP contribution in [-0.4, -0.2) is 91.5 Å². The fourth-order valence-corrected chi connectivity index (χ4v) is 4.35. The Balaban J connectivity index is 1.56. The molecule has 3 fully saturated rings. The highest BCUT2D eigenvalue weighted by Gasteiger charge is 2.43. The Labute approximate surface area is 137 Å². The molecule has 2 aliphatic heterocycles. The van der Waals surface area contributed by atoms with Crippen LogP contribution in [0, 0.1) is 5.92 Å². The molecule has 0 spiro atoms. The smallest absolute Gasteiger partial charge is 0.281 e. The molecule has 0 radical (unpaired) electrons. The zero-order valence-corrected chi connectivity index (χ0v) is 14.5. The lowest BCUT2D eigenvalue weighted by atomic mass is 10.1. The molecule has 1 aliphatic carbocycles. The Hall–Kier alpha value is -1.19. The van der Waals surface area contributed by atoms with Crippen molar-refractivity contribution in [2.75, 3.05) is 46.8 Å². The maximum absolute atomic E-state index is 12.6. The summed E-state index contributed by atoms with van der Waals surface area (Å²) >= 11 is 0. The van der Waals surface area contributed by atoms with Gasteiger partial charge in [0.25, 0.3) is 10.2 Å². The zero-order chi connectivity index (χ0) is 16.8. The lowest BCUT2D eigenvalue weighted by Crippen LogP contribution is -2.54. The molecule has 3 aliphatic rings. The van der Waals surface area contributed by atoms with E-state index >= 15 is 0 Å². The van der Waals surface area contributed by atoms with Crippen molar-refractivity contribution >= 4 is 22.0 Å². The second-order valence-electron chi connectivity index (χ2n) is 6.69. The van der Waals surface area contributed by atoms with E-state index in [0.29, 0.717) is 45.2 Å². The van der Waals surface area contributed by atoms with Crippen molar-refractivity contribution in [1.82, 2.24) is 18.4 Å². The summed E-state index contributed by atoms with van der Waals surface area (Å²) in [6.07, 6.45) is 2.40. The molecule has 3 rings (SSSR count). The van der Waals surface area contributed by atoms with Crippen LogP contribution in [0.2, 0.25) is 0 Å². The molecule has 8 nitrogen and oxygen atoms in total. The lowest BCUT2D eigenvalue weighted by Gasteiger charge is -2.36. The predicted octanol–water partition coefficient (Wildman–Crippen LogP) is -1.05. The average molecular weight is 344 g/mol. The number of likely N-dealkylation sites (tertiary alicyclic amines) is 1. The molecule has 0 aromatic carbocycles. The van der Waals surface area contributed by atoms with Crippen molar-refractivity contribution in [1.29, 1.82) is 0 Å². The van der Waals surface area contributed by atoms with Gasteiger partial charge in [-0.3, -0.25) is 9.59 Å². The topological polar surface area (TPSA) is 81.2 Å². The molecule has 0 aromatic heterocycles. The maximum Gasteiger partial charge on any atom is 0.281 e. The molecule has 2 amide bonds. The third-order valence-electron chi connectivity index (χ3n) is 4.83. The molecule has 0 bridgehead atoms. The average Bonchev–Trinajstić information content (AvgIpc) is 3.29. The molecule has 9 heteroatoms. The van der Waals surface area contributed by atoms with Crippen LogP contribution in [0.4, 0.5) is 0 Å². The molecule has 1 atom stereocenters. The van der Waals surface area contributed by atoms with Crippen LogP contribution in [0.3, 0.4) is 0 Å². The number of nitrogens with zero attached hydrogens (tertiary/aromatic N) is 4. The molecule has 0 aromatic rings. The summed E-state index contributed by atoms with van der Waals surface area (Å²) in [6.45, 7) is 1.91. The second kappa shape index (κ2) is 6.03. The van der Waals surface area contributed by atoms with Gasteiger partial charge in [-0.15, -0.1) is 0 Å². The summed E-state index contributed by atoms with van der Waals surface area (Å²) in [5.41, 5.74) is 0. The third kappa shape index (κ3) is 3.22. The summed E-state index contributed by atoms with van der Waals surface area (Å²) < 4.78 is 26.8. The van der Waals surface area contributed by atoms with Gasteiger partial charge in [0.1, 0.15) is 0 Å². The molecular weight excluding hydrogens is 320 g/mol. The highest BCUT2D eigenvalue weighted by molar-refractivity contribution is 7.86. The first kappa shape index (κ1) is 16.7. The van der Waals surface area contributed by atoms with Gasteiger partial charge in [0.2, 0.25) is 11.8 Å². The normalized spacial score (nSPS) is 27.1. The zero-order valence-electron chi connectivity index (χ0n) is 13.6. The van der Waals surface area contributed by atoms with Gasteiger partial charge >= 0.3 is 0 Å². The minimum Gasteiger partial charge on any atom is -0.340 e. The Morgan fingerprint density at radius 1 is 1.13 bits per heavy atom. The largest absolute Gasteiger partial charge is 0.340 e. The first-order valence-corrected chi connectivity index (χ1v) is 9.46. The van der Waals surface area contributed by atoms with Crippen LogP contribution < -0.4 is 0 Å². The minimum absolute atomic E-state index is 0.0107. The first-order chi connectivity index (χ1) is 10.8. The number of piperazine rings is 1. The van der Waals surface area contributed by atoms with Crippen LogP contribution in [0.5, 0.6) is 0 Å². The van der Waals surface area contributed by atoms with E-state index in [4.69, 9.17) is 0 Å². The van der Waals surface area contributed by atoms with Crippen LogP contribution in [0.15, 0.2) is 0 Å². The number of carbonyl (C=O) groups is 2. The number of hydrogen-bond acceptors (Lipinski definition) is 4. The van der Waals surface area contributed by atoms with Crippen LogP contribution in [-0.2, 0) is 19.8 Å². The van der Waals surface area contributed by atoms with E-state index in [0.717, 1.165) is 12.8 Å². The van der Waals surface area contributed by atoms with Crippen molar-refractivity contribution in [2.24, 2.45) is 5.92 Å². The minimum atomic E-state index is -3.42. The molecule has 1 saturated carbocycles. The van der Waals surface area contributed by atoms with E-state index in [1.165, 1.54) is 22.7 Å². The molecule has 1 unspecified atom stereocenters. The van der Waals surface area contributed by atoms with Gasteiger partial charge in [0, 0.05) is 59.3 Å². The summed E-state index contributed by atoms with van der Waals surface area (Å²) in [4.78, 5) is 28.1. The van der Waals surface area contributed by atoms with Gasteiger partial charge in [-0.2, -0.15) is 17.0 Å². The molecule has 2 saturated heterocycles. The molecule has 0 N–H and O–H groups in total. The number of hydrogen-bond donors (Lipinski definition) is 0. The van der Waals surface area contributed by atoms with Crippen LogP contribution >= 0.6 is 0 Å². The van der Waals surface area contributed by atoms with Gasteiger partial charge in [0.15, 0.2) is 0 Å². The van der Waals surface area contributed by atoms with Crippen molar-refractivity contribution in [3.63, 3.8) is 0 Å². The van der Waals surface area contributed by atoms with Crippen molar-refractivity contribution < 1.29 is 18.0 Å².